The molecule has 3 aromatic rings. The van der Waals surface area contributed by atoms with Crippen molar-refractivity contribution in [2.75, 3.05) is 0 Å². The van der Waals surface area contributed by atoms with Crippen molar-refractivity contribution in [3.8, 4) is 28.5 Å². The summed E-state index contributed by atoms with van der Waals surface area (Å²) in [5.74, 6) is 0.120. The second-order valence-electron chi connectivity index (χ2n) is 7.51. The highest BCUT2D eigenvalue weighted by atomic mass is 16.1. The fourth-order valence-corrected chi connectivity index (χ4v) is 4.05. The van der Waals surface area contributed by atoms with Crippen molar-refractivity contribution in [3.05, 3.63) is 66.4 Å². The van der Waals surface area contributed by atoms with Gasteiger partial charge in [0.2, 0.25) is 5.91 Å². The smallest absolute Gasteiger partial charge is 0.219 e. The van der Waals surface area contributed by atoms with Crippen LogP contribution >= 0.6 is 0 Å². The van der Waals surface area contributed by atoms with Gasteiger partial charge in [0.05, 0.1) is 23.4 Å². The first-order chi connectivity index (χ1) is 14.2. The van der Waals surface area contributed by atoms with E-state index in [4.69, 9.17) is 5.26 Å². The lowest BCUT2D eigenvalue weighted by Crippen LogP contribution is -2.32. The highest BCUT2D eigenvalue weighted by molar-refractivity contribution is 5.75. The zero-order valence-corrected chi connectivity index (χ0v) is 16.5. The van der Waals surface area contributed by atoms with Crippen LogP contribution in [0.3, 0.4) is 0 Å². The number of amides is 1. The number of carbonyl (C=O) groups is 1. The molecule has 0 unspecified atom stereocenters. The average molecular weight is 384 g/mol. The van der Waals surface area contributed by atoms with Gasteiger partial charge >= 0.3 is 0 Å². The first-order valence-electron chi connectivity index (χ1n) is 10.1. The number of carbonyl (C=O) groups excluding carboxylic acids is 1. The fourth-order valence-electron chi connectivity index (χ4n) is 4.05. The van der Waals surface area contributed by atoms with Crippen LogP contribution in [0.4, 0.5) is 0 Å². The van der Waals surface area contributed by atoms with E-state index >= 15 is 0 Å². The molecule has 1 fully saturated rings. The monoisotopic (exact) mass is 384 g/mol. The van der Waals surface area contributed by atoms with Crippen LogP contribution in [0.5, 0.6) is 0 Å². The van der Waals surface area contributed by atoms with Crippen LogP contribution in [0.15, 0.2) is 60.8 Å². The molecule has 2 atom stereocenters. The molecule has 5 heteroatoms. The molecule has 0 aliphatic heterocycles. The molecule has 2 aromatic carbocycles. The number of aromatic nitrogens is 2. The Kier molecular flexibility index (Phi) is 5.44. The molecule has 1 aromatic heterocycles. The number of hydrogen-bond acceptors (Lipinski definition) is 3. The van der Waals surface area contributed by atoms with E-state index in [0.29, 0.717) is 18.0 Å². The summed E-state index contributed by atoms with van der Waals surface area (Å²) in [5, 5.41) is 16.6. The van der Waals surface area contributed by atoms with Crippen LogP contribution in [0.1, 0.15) is 44.2 Å². The molecular weight excluding hydrogens is 360 g/mol. The minimum Gasteiger partial charge on any atom is -0.353 e. The zero-order valence-electron chi connectivity index (χ0n) is 16.5. The SMILES string of the molecule is CCC(=O)N[C@H]1CC[C@@H](n2nccc2-c2ccc(-c3ccc(C#N)cc3)cc2)C1. The van der Waals surface area contributed by atoms with Gasteiger partial charge in [-0.15, -0.1) is 0 Å². The van der Waals surface area contributed by atoms with Crippen molar-refractivity contribution >= 4 is 5.91 Å². The topological polar surface area (TPSA) is 70.7 Å². The van der Waals surface area contributed by atoms with E-state index in [2.05, 4.69) is 51.5 Å². The molecule has 0 spiro atoms. The molecule has 1 amide bonds. The Morgan fingerprint density at radius 1 is 1.07 bits per heavy atom. The first kappa shape index (κ1) is 18.9. The van der Waals surface area contributed by atoms with Crippen molar-refractivity contribution in [1.29, 1.82) is 5.26 Å². The van der Waals surface area contributed by atoms with E-state index in [1.807, 2.05) is 37.4 Å². The number of benzene rings is 2. The summed E-state index contributed by atoms with van der Waals surface area (Å²) in [6.07, 6.45) is 5.31. The van der Waals surface area contributed by atoms with Crippen LogP contribution in [0, 0.1) is 11.3 Å². The average Bonchev–Trinajstić information content (AvgIpc) is 3.43. The molecule has 0 bridgehead atoms. The normalized spacial score (nSPS) is 18.3. The second kappa shape index (κ2) is 8.32. The van der Waals surface area contributed by atoms with E-state index in [-0.39, 0.29) is 11.9 Å². The van der Waals surface area contributed by atoms with Crippen LogP contribution < -0.4 is 5.32 Å². The molecule has 1 saturated carbocycles. The fraction of sp³-hybridized carbons (Fsp3) is 0.292. The van der Waals surface area contributed by atoms with Gasteiger partial charge in [-0.1, -0.05) is 43.3 Å². The van der Waals surface area contributed by atoms with Gasteiger partial charge in [-0.25, -0.2) is 0 Å². The summed E-state index contributed by atoms with van der Waals surface area (Å²) in [4.78, 5) is 11.7. The summed E-state index contributed by atoms with van der Waals surface area (Å²) in [6.45, 7) is 1.88. The molecule has 0 radical (unpaired) electrons. The third-order valence-electron chi connectivity index (χ3n) is 5.64. The van der Waals surface area contributed by atoms with Crippen molar-refractivity contribution in [2.45, 2.75) is 44.7 Å². The highest BCUT2D eigenvalue weighted by Gasteiger charge is 2.28. The Bertz CT molecular complexity index is 1030. The lowest BCUT2D eigenvalue weighted by atomic mass is 10.0. The van der Waals surface area contributed by atoms with E-state index in [1.165, 1.54) is 0 Å². The molecule has 1 aliphatic rings. The molecule has 1 aliphatic carbocycles. The number of nitrogens with zero attached hydrogens (tertiary/aromatic N) is 3. The molecule has 1 N–H and O–H groups in total. The van der Waals surface area contributed by atoms with Crippen LogP contribution in [-0.2, 0) is 4.79 Å². The van der Waals surface area contributed by atoms with Gasteiger partial charge in [0.25, 0.3) is 0 Å². The lowest BCUT2D eigenvalue weighted by molar-refractivity contribution is -0.121. The molecular formula is C24H24N4O. The summed E-state index contributed by atoms with van der Waals surface area (Å²) in [7, 11) is 0. The van der Waals surface area contributed by atoms with E-state index in [9.17, 15) is 4.79 Å². The quantitative estimate of drug-likeness (QED) is 0.692. The summed E-state index contributed by atoms with van der Waals surface area (Å²) in [6, 6.07) is 20.8. The Morgan fingerprint density at radius 3 is 2.38 bits per heavy atom. The van der Waals surface area contributed by atoms with Crippen molar-refractivity contribution in [1.82, 2.24) is 15.1 Å². The molecule has 146 valence electrons. The molecule has 4 rings (SSSR count). The minimum atomic E-state index is 0.120. The van der Waals surface area contributed by atoms with Crippen molar-refractivity contribution in [3.63, 3.8) is 0 Å². The highest BCUT2D eigenvalue weighted by Crippen LogP contribution is 2.34. The number of hydrogen-bond donors (Lipinski definition) is 1. The van der Waals surface area contributed by atoms with E-state index in [0.717, 1.165) is 41.6 Å². The Balaban J connectivity index is 1.51. The van der Waals surface area contributed by atoms with Gasteiger partial charge in [0, 0.05) is 18.7 Å². The predicted octanol–water partition coefficient (Wildman–Crippen LogP) is 4.71. The summed E-state index contributed by atoms with van der Waals surface area (Å²) >= 11 is 0. The van der Waals surface area contributed by atoms with E-state index in [1.54, 1.807) is 0 Å². The number of nitriles is 1. The van der Waals surface area contributed by atoms with Gasteiger partial charge in [-0.05, 0) is 54.2 Å². The van der Waals surface area contributed by atoms with Gasteiger partial charge in [0.1, 0.15) is 0 Å². The maximum Gasteiger partial charge on any atom is 0.219 e. The predicted molar refractivity (Wildman–Crippen MR) is 113 cm³/mol. The molecule has 0 saturated heterocycles. The number of nitrogens with one attached hydrogen (secondary N) is 1. The first-order valence-corrected chi connectivity index (χ1v) is 10.1. The standard InChI is InChI=1S/C24H24N4O/c1-2-24(29)27-21-11-12-22(15-21)28-23(13-14-26-28)20-9-7-19(8-10-20)18-5-3-17(16-25)4-6-18/h3-10,13-14,21-22H,2,11-12,15H2,1H3,(H,27,29)/t21-,22+/m0/s1. The largest absolute Gasteiger partial charge is 0.353 e. The van der Waals surface area contributed by atoms with Crippen LogP contribution in [-0.4, -0.2) is 21.7 Å². The number of rotatable bonds is 5. The zero-order chi connectivity index (χ0) is 20.2. The Morgan fingerprint density at radius 2 is 1.72 bits per heavy atom. The molecule has 1 heterocycles. The van der Waals surface area contributed by atoms with E-state index < -0.39 is 0 Å². The van der Waals surface area contributed by atoms with Crippen LogP contribution in [0.2, 0.25) is 0 Å². The van der Waals surface area contributed by atoms with Crippen LogP contribution in [0.25, 0.3) is 22.4 Å². The maximum atomic E-state index is 11.7. The Labute approximate surface area is 171 Å². The van der Waals surface area contributed by atoms with Gasteiger partial charge in [-0.2, -0.15) is 10.4 Å². The van der Waals surface area contributed by atoms with Gasteiger partial charge < -0.3 is 5.32 Å². The third kappa shape index (κ3) is 4.07. The second-order valence-corrected chi connectivity index (χ2v) is 7.51. The molecule has 5 nitrogen and oxygen atoms in total. The van der Waals surface area contributed by atoms with Gasteiger partial charge in [0.15, 0.2) is 0 Å². The van der Waals surface area contributed by atoms with Crippen molar-refractivity contribution < 1.29 is 4.79 Å². The minimum absolute atomic E-state index is 0.120. The third-order valence-corrected chi connectivity index (χ3v) is 5.64. The lowest BCUT2D eigenvalue weighted by Gasteiger charge is -2.16. The summed E-state index contributed by atoms with van der Waals surface area (Å²) in [5.41, 5.74) is 5.10. The maximum absolute atomic E-state index is 11.7. The Hall–Kier alpha value is -3.39. The molecule has 29 heavy (non-hydrogen) atoms. The summed E-state index contributed by atoms with van der Waals surface area (Å²) < 4.78 is 2.11. The van der Waals surface area contributed by atoms with Crippen molar-refractivity contribution in [2.24, 2.45) is 0 Å². The van der Waals surface area contributed by atoms with Gasteiger partial charge in [-0.3, -0.25) is 9.48 Å².